The van der Waals surface area contributed by atoms with Gasteiger partial charge in [0.15, 0.2) is 0 Å². The van der Waals surface area contributed by atoms with E-state index in [-0.39, 0.29) is 5.41 Å². The zero-order valence-electron chi connectivity index (χ0n) is 11.4. The summed E-state index contributed by atoms with van der Waals surface area (Å²) in [4.78, 5) is 2.67. The molecule has 0 radical (unpaired) electrons. The first-order valence-corrected chi connectivity index (χ1v) is 7.25. The molecule has 2 nitrogen and oxygen atoms in total. The molecule has 1 aromatic rings. The second-order valence-corrected chi connectivity index (χ2v) is 6.12. The van der Waals surface area contributed by atoms with Gasteiger partial charge in [0.05, 0.1) is 0 Å². The molecule has 0 spiro atoms. The quantitative estimate of drug-likeness (QED) is 0.885. The summed E-state index contributed by atoms with van der Waals surface area (Å²) >= 11 is 0. The van der Waals surface area contributed by atoms with E-state index in [1.807, 2.05) is 0 Å². The minimum atomic E-state index is 0.235. The molecule has 0 amide bonds. The SMILES string of the molecule is Cc1ccc(C2(CN)CCN(C3CC3)CC2)cc1. The van der Waals surface area contributed by atoms with E-state index in [0.717, 1.165) is 12.6 Å². The zero-order valence-corrected chi connectivity index (χ0v) is 11.4. The van der Waals surface area contributed by atoms with E-state index in [4.69, 9.17) is 5.73 Å². The van der Waals surface area contributed by atoms with Gasteiger partial charge in [-0.25, -0.2) is 0 Å². The molecule has 98 valence electrons. The zero-order chi connectivity index (χ0) is 12.6. The lowest BCUT2D eigenvalue weighted by atomic mass is 9.72. The van der Waals surface area contributed by atoms with Crippen LogP contribution < -0.4 is 5.73 Å². The smallest absolute Gasteiger partial charge is 0.00998 e. The number of piperidine rings is 1. The minimum absolute atomic E-state index is 0.235. The first-order valence-electron chi connectivity index (χ1n) is 7.25. The molecule has 1 aliphatic carbocycles. The van der Waals surface area contributed by atoms with Crippen LogP contribution >= 0.6 is 0 Å². The Balaban J connectivity index is 1.76. The predicted molar refractivity (Wildman–Crippen MR) is 75.7 cm³/mol. The first kappa shape index (κ1) is 12.2. The summed E-state index contributed by atoms with van der Waals surface area (Å²) in [6.07, 6.45) is 5.28. The molecule has 2 aliphatic rings. The van der Waals surface area contributed by atoms with E-state index in [1.165, 1.54) is 49.9 Å². The molecular formula is C16H24N2. The third kappa shape index (κ3) is 2.19. The molecule has 18 heavy (non-hydrogen) atoms. The summed E-state index contributed by atoms with van der Waals surface area (Å²) < 4.78 is 0. The van der Waals surface area contributed by atoms with Crippen molar-refractivity contribution in [2.75, 3.05) is 19.6 Å². The van der Waals surface area contributed by atoms with Crippen LogP contribution in [0.1, 0.15) is 36.8 Å². The molecule has 0 aromatic heterocycles. The third-order valence-electron chi connectivity index (χ3n) is 4.87. The standard InChI is InChI=1S/C16H24N2/c1-13-2-4-14(5-3-13)16(12-17)8-10-18(11-9-16)15-6-7-15/h2-5,15H,6-12,17H2,1H3. The number of hydrogen-bond donors (Lipinski definition) is 1. The van der Waals surface area contributed by atoms with Crippen LogP contribution in [-0.4, -0.2) is 30.6 Å². The average Bonchev–Trinajstić information content (AvgIpc) is 3.24. The van der Waals surface area contributed by atoms with Gasteiger partial charge in [-0.3, -0.25) is 0 Å². The van der Waals surface area contributed by atoms with E-state index < -0.39 is 0 Å². The lowest BCUT2D eigenvalue weighted by Gasteiger charge is -2.42. The van der Waals surface area contributed by atoms with E-state index in [0.29, 0.717) is 0 Å². The van der Waals surface area contributed by atoms with Crippen LogP contribution in [0.5, 0.6) is 0 Å². The van der Waals surface area contributed by atoms with Crippen LogP contribution in [0.25, 0.3) is 0 Å². The highest BCUT2D eigenvalue weighted by Crippen LogP contribution is 2.38. The topological polar surface area (TPSA) is 29.3 Å². The summed E-state index contributed by atoms with van der Waals surface area (Å²) in [6.45, 7) is 5.40. The fraction of sp³-hybridized carbons (Fsp3) is 0.625. The molecule has 0 bridgehead atoms. The van der Waals surface area contributed by atoms with Gasteiger partial charge >= 0.3 is 0 Å². The Bertz CT molecular complexity index is 398. The molecule has 1 aromatic carbocycles. The van der Waals surface area contributed by atoms with Crippen molar-refractivity contribution < 1.29 is 0 Å². The van der Waals surface area contributed by atoms with Crippen LogP contribution in [0.15, 0.2) is 24.3 Å². The molecule has 1 saturated carbocycles. The maximum absolute atomic E-state index is 6.13. The highest BCUT2D eigenvalue weighted by molar-refractivity contribution is 5.30. The average molecular weight is 244 g/mol. The van der Waals surface area contributed by atoms with Gasteiger partial charge in [-0.2, -0.15) is 0 Å². The van der Waals surface area contributed by atoms with Crippen LogP contribution in [-0.2, 0) is 5.41 Å². The Kier molecular flexibility index (Phi) is 3.16. The third-order valence-corrected chi connectivity index (χ3v) is 4.87. The molecule has 2 fully saturated rings. The van der Waals surface area contributed by atoms with Crippen molar-refractivity contribution in [3.8, 4) is 0 Å². The number of aryl methyl sites for hydroxylation is 1. The number of likely N-dealkylation sites (tertiary alicyclic amines) is 1. The number of nitrogens with two attached hydrogens (primary N) is 1. The van der Waals surface area contributed by atoms with Crippen molar-refractivity contribution in [2.45, 2.75) is 44.1 Å². The van der Waals surface area contributed by atoms with Crippen molar-refractivity contribution in [3.63, 3.8) is 0 Å². The maximum atomic E-state index is 6.13. The van der Waals surface area contributed by atoms with Gasteiger partial charge in [0.1, 0.15) is 0 Å². The Hall–Kier alpha value is -0.860. The van der Waals surface area contributed by atoms with E-state index in [2.05, 4.69) is 36.1 Å². The van der Waals surface area contributed by atoms with Gasteiger partial charge < -0.3 is 10.6 Å². The Morgan fingerprint density at radius 1 is 1.17 bits per heavy atom. The largest absolute Gasteiger partial charge is 0.330 e. The van der Waals surface area contributed by atoms with Gasteiger partial charge in [-0.1, -0.05) is 29.8 Å². The van der Waals surface area contributed by atoms with Crippen LogP contribution in [0, 0.1) is 6.92 Å². The second-order valence-electron chi connectivity index (χ2n) is 6.12. The van der Waals surface area contributed by atoms with Crippen molar-refractivity contribution in [2.24, 2.45) is 5.73 Å². The maximum Gasteiger partial charge on any atom is 0.00998 e. The van der Waals surface area contributed by atoms with Gasteiger partial charge in [-0.15, -0.1) is 0 Å². The summed E-state index contributed by atoms with van der Waals surface area (Å²) in [6, 6.07) is 9.92. The van der Waals surface area contributed by atoms with Crippen molar-refractivity contribution in [3.05, 3.63) is 35.4 Å². The predicted octanol–water partition coefficient (Wildman–Crippen LogP) is 2.45. The van der Waals surface area contributed by atoms with Gasteiger partial charge in [0, 0.05) is 18.0 Å². The molecule has 1 aliphatic heterocycles. The van der Waals surface area contributed by atoms with E-state index >= 15 is 0 Å². The lowest BCUT2D eigenvalue weighted by Crippen LogP contribution is -2.47. The number of benzene rings is 1. The first-order chi connectivity index (χ1) is 8.73. The molecule has 0 atom stereocenters. The lowest BCUT2D eigenvalue weighted by molar-refractivity contribution is 0.155. The number of nitrogens with zero attached hydrogens (tertiary/aromatic N) is 1. The van der Waals surface area contributed by atoms with Gasteiger partial charge in [0.2, 0.25) is 0 Å². The van der Waals surface area contributed by atoms with E-state index in [1.54, 1.807) is 0 Å². The van der Waals surface area contributed by atoms with Crippen molar-refractivity contribution >= 4 is 0 Å². The molecule has 2 N–H and O–H groups in total. The van der Waals surface area contributed by atoms with Crippen molar-refractivity contribution in [1.29, 1.82) is 0 Å². The Morgan fingerprint density at radius 2 is 1.78 bits per heavy atom. The second kappa shape index (κ2) is 4.67. The molecule has 2 heteroatoms. The summed E-state index contributed by atoms with van der Waals surface area (Å²) in [5, 5.41) is 0. The molecule has 3 rings (SSSR count). The van der Waals surface area contributed by atoms with E-state index in [9.17, 15) is 0 Å². The van der Waals surface area contributed by atoms with Crippen LogP contribution in [0.2, 0.25) is 0 Å². The molecule has 0 unspecified atom stereocenters. The highest BCUT2D eigenvalue weighted by atomic mass is 15.2. The fourth-order valence-electron chi connectivity index (χ4n) is 3.27. The molecule has 1 heterocycles. The minimum Gasteiger partial charge on any atom is -0.330 e. The summed E-state index contributed by atoms with van der Waals surface area (Å²) in [7, 11) is 0. The normalized spacial score (nSPS) is 24.1. The molecule has 1 saturated heterocycles. The summed E-state index contributed by atoms with van der Waals surface area (Å²) in [5.74, 6) is 0. The van der Waals surface area contributed by atoms with Crippen LogP contribution in [0.3, 0.4) is 0 Å². The Labute approximate surface area is 110 Å². The fourth-order valence-corrected chi connectivity index (χ4v) is 3.27. The number of rotatable bonds is 3. The Morgan fingerprint density at radius 3 is 2.28 bits per heavy atom. The van der Waals surface area contributed by atoms with Gasteiger partial charge in [-0.05, 0) is 51.3 Å². The monoisotopic (exact) mass is 244 g/mol. The number of hydrogen-bond acceptors (Lipinski definition) is 2. The highest BCUT2D eigenvalue weighted by Gasteiger charge is 2.39. The molecular weight excluding hydrogens is 220 g/mol. The van der Waals surface area contributed by atoms with Crippen molar-refractivity contribution in [1.82, 2.24) is 4.90 Å². The van der Waals surface area contributed by atoms with Gasteiger partial charge in [0.25, 0.3) is 0 Å². The van der Waals surface area contributed by atoms with Crippen LogP contribution in [0.4, 0.5) is 0 Å². The summed E-state index contributed by atoms with van der Waals surface area (Å²) in [5.41, 5.74) is 9.15.